The molecule has 0 radical (unpaired) electrons. The van der Waals surface area contributed by atoms with E-state index in [1.54, 1.807) is 41.4 Å². The SMILES string of the molecule is Nc1ncc(-c2ccc(C(=O)N3CCC(N)C3)cc2)cc1OCc1c(F)ccc(F)c1Cl. The highest BCUT2D eigenvalue weighted by molar-refractivity contribution is 6.31. The number of amides is 1. The third kappa shape index (κ3) is 4.51. The molecule has 9 heteroatoms. The van der Waals surface area contributed by atoms with Gasteiger partial charge in [0.2, 0.25) is 0 Å². The van der Waals surface area contributed by atoms with Gasteiger partial charge in [0, 0.05) is 42.0 Å². The summed E-state index contributed by atoms with van der Waals surface area (Å²) in [4.78, 5) is 18.5. The van der Waals surface area contributed by atoms with Gasteiger partial charge >= 0.3 is 0 Å². The normalized spacial score (nSPS) is 15.8. The molecule has 1 atom stereocenters. The molecular weight excluding hydrogens is 438 g/mol. The molecule has 1 unspecified atom stereocenters. The Hall–Kier alpha value is -3.23. The first-order valence-corrected chi connectivity index (χ1v) is 10.4. The van der Waals surface area contributed by atoms with E-state index in [9.17, 15) is 13.6 Å². The molecular formula is C23H21ClF2N4O2. The van der Waals surface area contributed by atoms with Gasteiger partial charge in [-0.05, 0) is 42.3 Å². The van der Waals surface area contributed by atoms with Crippen molar-refractivity contribution < 1.29 is 18.3 Å². The molecule has 0 saturated carbocycles. The predicted octanol–water partition coefficient (Wildman–Crippen LogP) is 4.01. The Bertz CT molecular complexity index is 1160. The fourth-order valence-corrected chi connectivity index (χ4v) is 3.75. The summed E-state index contributed by atoms with van der Waals surface area (Å²) in [7, 11) is 0. The Kier molecular flexibility index (Phi) is 6.25. The lowest BCUT2D eigenvalue weighted by Gasteiger charge is -2.16. The van der Waals surface area contributed by atoms with E-state index in [0.717, 1.165) is 24.1 Å². The minimum absolute atomic E-state index is 0.0215. The van der Waals surface area contributed by atoms with Crippen LogP contribution in [0.1, 0.15) is 22.3 Å². The molecule has 0 spiro atoms. The van der Waals surface area contributed by atoms with Crippen molar-refractivity contribution in [1.82, 2.24) is 9.88 Å². The lowest BCUT2D eigenvalue weighted by Crippen LogP contribution is -2.31. The minimum Gasteiger partial charge on any atom is -0.485 e. The third-order valence-electron chi connectivity index (χ3n) is 5.37. The maximum atomic E-state index is 14.0. The van der Waals surface area contributed by atoms with Gasteiger partial charge < -0.3 is 21.1 Å². The highest BCUT2D eigenvalue weighted by atomic mass is 35.5. The van der Waals surface area contributed by atoms with Crippen LogP contribution in [0.15, 0.2) is 48.7 Å². The van der Waals surface area contributed by atoms with Gasteiger partial charge in [0.25, 0.3) is 5.91 Å². The summed E-state index contributed by atoms with van der Waals surface area (Å²) in [5, 5.41) is -0.341. The molecule has 2 heterocycles. The summed E-state index contributed by atoms with van der Waals surface area (Å²) in [5.74, 6) is -1.18. The Balaban J connectivity index is 1.51. The average molecular weight is 459 g/mol. The molecule has 32 heavy (non-hydrogen) atoms. The number of ether oxygens (including phenoxy) is 1. The number of benzene rings is 2. The van der Waals surface area contributed by atoms with Crippen molar-refractivity contribution in [2.45, 2.75) is 19.1 Å². The van der Waals surface area contributed by atoms with Gasteiger partial charge in [-0.2, -0.15) is 0 Å². The Morgan fingerprint density at radius 2 is 1.88 bits per heavy atom. The molecule has 4 rings (SSSR count). The molecule has 166 valence electrons. The zero-order valence-corrected chi connectivity index (χ0v) is 17.8. The first-order chi connectivity index (χ1) is 15.3. The summed E-state index contributed by atoms with van der Waals surface area (Å²) < 4.78 is 33.2. The summed E-state index contributed by atoms with van der Waals surface area (Å²) in [6.07, 6.45) is 2.36. The number of halogens is 3. The number of nitrogens with zero attached hydrogens (tertiary/aromatic N) is 2. The van der Waals surface area contributed by atoms with Crippen LogP contribution < -0.4 is 16.2 Å². The smallest absolute Gasteiger partial charge is 0.253 e. The Labute approximate surface area is 188 Å². The van der Waals surface area contributed by atoms with Gasteiger partial charge in [0.1, 0.15) is 18.2 Å². The molecule has 2 aromatic carbocycles. The van der Waals surface area contributed by atoms with Crippen molar-refractivity contribution in [3.8, 4) is 16.9 Å². The van der Waals surface area contributed by atoms with E-state index in [0.29, 0.717) is 24.2 Å². The van der Waals surface area contributed by atoms with E-state index in [4.69, 9.17) is 27.8 Å². The van der Waals surface area contributed by atoms with E-state index in [-0.39, 0.29) is 40.7 Å². The number of hydrogen-bond acceptors (Lipinski definition) is 5. The zero-order valence-electron chi connectivity index (χ0n) is 17.0. The van der Waals surface area contributed by atoms with E-state index < -0.39 is 11.6 Å². The maximum Gasteiger partial charge on any atom is 0.253 e. The number of likely N-dealkylation sites (tertiary alicyclic amines) is 1. The standard InChI is InChI=1S/C23H21ClF2N4O2/c24-21-17(18(25)5-6-19(21)26)12-32-20-9-15(10-29-22(20)28)13-1-3-14(4-2-13)23(31)30-8-7-16(27)11-30/h1-6,9-10,16H,7-8,11-12,27H2,(H2,28,29). The molecule has 1 saturated heterocycles. The first-order valence-electron chi connectivity index (χ1n) is 9.99. The lowest BCUT2D eigenvalue weighted by molar-refractivity contribution is 0.0791. The molecule has 1 aromatic heterocycles. The zero-order chi connectivity index (χ0) is 22.8. The fourth-order valence-electron chi connectivity index (χ4n) is 3.54. The van der Waals surface area contributed by atoms with E-state index in [1.165, 1.54) is 0 Å². The highest BCUT2D eigenvalue weighted by Crippen LogP contribution is 2.30. The van der Waals surface area contributed by atoms with Crippen LogP contribution in [-0.4, -0.2) is 34.9 Å². The predicted molar refractivity (Wildman–Crippen MR) is 118 cm³/mol. The van der Waals surface area contributed by atoms with Crippen LogP contribution in [0.5, 0.6) is 5.75 Å². The van der Waals surface area contributed by atoms with Gasteiger partial charge in [-0.1, -0.05) is 23.7 Å². The van der Waals surface area contributed by atoms with Crippen molar-refractivity contribution in [3.05, 3.63) is 76.4 Å². The molecule has 3 aromatic rings. The number of rotatable bonds is 5. The fraction of sp³-hybridized carbons (Fsp3) is 0.217. The van der Waals surface area contributed by atoms with Gasteiger partial charge in [-0.25, -0.2) is 13.8 Å². The second-order valence-corrected chi connectivity index (χ2v) is 7.97. The molecule has 0 bridgehead atoms. The van der Waals surface area contributed by atoms with Crippen LogP contribution in [0, 0.1) is 11.6 Å². The molecule has 4 N–H and O–H groups in total. The number of carbonyl (C=O) groups is 1. The quantitative estimate of drug-likeness (QED) is 0.563. The lowest BCUT2D eigenvalue weighted by atomic mass is 10.0. The molecule has 6 nitrogen and oxygen atoms in total. The van der Waals surface area contributed by atoms with Crippen LogP contribution in [0.4, 0.5) is 14.6 Å². The average Bonchev–Trinajstić information content (AvgIpc) is 3.23. The number of hydrogen-bond donors (Lipinski definition) is 2. The summed E-state index contributed by atoms with van der Waals surface area (Å²) in [6.45, 7) is 0.891. The van der Waals surface area contributed by atoms with Gasteiger partial charge in [-0.3, -0.25) is 4.79 Å². The largest absolute Gasteiger partial charge is 0.485 e. The van der Waals surface area contributed by atoms with Crippen LogP contribution in [0.25, 0.3) is 11.1 Å². The van der Waals surface area contributed by atoms with Crippen molar-refractivity contribution in [2.24, 2.45) is 5.73 Å². The van der Waals surface area contributed by atoms with Crippen molar-refractivity contribution in [3.63, 3.8) is 0 Å². The number of carbonyl (C=O) groups excluding carboxylic acids is 1. The van der Waals surface area contributed by atoms with Crippen LogP contribution >= 0.6 is 11.6 Å². The first kappa shape index (κ1) is 22.0. The van der Waals surface area contributed by atoms with Crippen LogP contribution in [0.2, 0.25) is 5.02 Å². The summed E-state index contributed by atoms with van der Waals surface area (Å²) in [5.41, 5.74) is 13.7. The second-order valence-electron chi connectivity index (χ2n) is 7.60. The molecule has 1 aliphatic heterocycles. The van der Waals surface area contributed by atoms with Crippen molar-refractivity contribution in [1.29, 1.82) is 0 Å². The topological polar surface area (TPSA) is 94.5 Å². The molecule has 0 aliphatic carbocycles. The van der Waals surface area contributed by atoms with Crippen molar-refractivity contribution >= 4 is 23.3 Å². The highest BCUT2D eigenvalue weighted by Gasteiger charge is 2.24. The Morgan fingerprint density at radius 3 is 2.56 bits per heavy atom. The number of nitrogen functional groups attached to an aromatic ring is 1. The van der Waals surface area contributed by atoms with Gasteiger partial charge in [0.15, 0.2) is 11.6 Å². The number of pyridine rings is 1. The van der Waals surface area contributed by atoms with E-state index >= 15 is 0 Å². The van der Waals surface area contributed by atoms with E-state index in [2.05, 4.69) is 4.98 Å². The summed E-state index contributed by atoms with van der Waals surface area (Å²) in [6, 6.07) is 10.7. The molecule has 1 amide bonds. The molecule has 1 aliphatic rings. The maximum absolute atomic E-state index is 14.0. The van der Waals surface area contributed by atoms with Gasteiger partial charge in [-0.15, -0.1) is 0 Å². The number of aromatic nitrogens is 1. The third-order valence-corrected chi connectivity index (χ3v) is 5.78. The number of nitrogens with two attached hydrogens (primary N) is 2. The van der Waals surface area contributed by atoms with Crippen LogP contribution in [-0.2, 0) is 6.61 Å². The monoisotopic (exact) mass is 458 g/mol. The van der Waals surface area contributed by atoms with E-state index in [1.807, 2.05) is 0 Å². The molecule has 1 fully saturated rings. The summed E-state index contributed by atoms with van der Waals surface area (Å²) >= 11 is 5.85. The number of anilines is 1. The second kappa shape index (κ2) is 9.10. The Morgan fingerprint density at radius 1 is 1.16 bits per heavy atom. The van der Waals surface area contributed by atoms with Gasteiger partial charge in [0.05, 0.1) is 5.02 Å². The van der Waals surface area contributed by atoms with Crippen molar-refractivity contribution in [2.75, 3.05) is 18.8 Å². The van der Waals surface area contributed by atoms with Crippen LogP contribution in [0.3, 0.4) is 0 Å². The minimum atomic E-state index is -0.739.